The third kappa shape index (κ3) is 1.88. The van der Waals surface area contributed by atoms with Gasteiger partial charge in [0.25, 0.3) is 0 Å². The molecule has 0 aliphatic carbocycles. The number of hydrogen-bond donors (Lipinski definition) is 0. The Labute approximate surface area is 107 Å². The first-order chi connectivity index (χ1) is 8.78. The fraction of sp³-hybridized carbons (Fsp3) is 0.250. The van der Waals surface area contributed by atoms with Crippen LogP contribution in [0, 0.1) is 5.82 Å². The molecule has 0 atom stereocenters. The lowest BCUT2D eigenvalue weighted by atomic mass is 10.2. The molecule has 3 rings (SSSR count). The van der Waals surface area contributed by atoms with Gasteiger partial charge in [0.2, 0.25) is 4.96 Å². The van der Waals surface area contributed by atoms with E-state index >= 15 is 0 Å². The van der Waals surface area contributed by atoms with Crippen LogP contribution in [0.1, 0.15) is 19.2 Å². The van der Waals surface area contributed by atoms with Crippen LogP contribution in [0.4, 0.5) is 4.39 Å². The van der Waals surface area contributed by atoms with Crippen molar-refractivity contribution in [2.75, 3.05) is 0 Å². The molecule has 0 bridgehead atoms. The molecular weight excluding hydrogens is 251 g/mol. The molecule has 18 heavy (non-hydrogen) atoms. The van der Waals surface area contributed by atoms with Crippen LogP contribution in [0.15, 0.2) is 24.3 Å². The molecule has 0 amide bonds. The lowest BCUT2D eigenvalue weighted by molar-refractivity contribution is 0.628. The molecule has 92 valence electrons. The van der Waals surface area contributed by atoms with E-state index in [2.05, 4.69) is 22.2 Å². The Balaban J connectivity index is 2.05. The van der Waals surface area contributed by atoms with Crippen LogP contribution in [0.3, 0.4) is 0 Å². The summed E-state index contributed by atoms with van der Waals surface area (Å²) < 4.78 is 14.6. The number of aryl methyl sites for hydroxylation is 1. The molecule has 0 saturated carbocycles. The van der Waals surface area contributed by atoms with Gasteiger partial charge in [-0.2, -0.15) is 9.61 Å². The smallest absolute Gasteiger partial charge is 0.207 e. The molecule has 3 aromatic rings. The second kappa shape index (κ2) is 4.45. The SMILES string of the molecule is CCCc1nnc2sc(-c3ccc(F)cc3)nn12. The highest BCUT2D eigenvalue weighted by Gasteiger charge is 2.12. The van der Waals surface area contributed by atoms with Crippen LogP contribution in [-0.4, -0.2) is 19.8 Å². The standard InChI is InChI=1S/C12H11FN4S/c1-2-3-10-14-15-12-17(10)16-11(18-12)8-4-6-9(13)7-5-8/h4-7H,2-3H2,1H3. The zero-order valence-electron chi connectivity index (χ0n) is 9.80. The van der Waals surface area contributed by atoms with E-state index in [1.165, 1.54) is 23.5 Å². The van der Waals surface area contributed by atoms with Crippen molar-refractivity contribution in [2.45, 2.75) is 19.8 Å². The van der Waals surface area contributed by atoms with Gasteiger partial charge in [0.05, 0.1) is 0 Å². The van der Waals surface area contributed by atoms with Crippen molar-refractivity contribution in [2.24, 2.45) is 0 Å². The third-order valence-electron chi connectivity index (χ3n) is 2.62. The Bertz CT molecular complexity index is 671. The Morgan fingerprint density at radius 2 is 2.00 bits per heavy atom. The predicted molar refractivity (Wildman–Crippen MR) is 68.0 cm³/mol. The van der Waals surface area contributed by atoms with E-state index in [4.69, 9.17) is 0 Å². The first-order valence-electron chi connectivity index (χ1n) is 5.75. The van der Waals surface area contributed by atoms with Gasteiger partial charge < -0.3 is 0 Å². The maximum absolute atomic E-state index is 12.9. The molecular formula is C12H11FN4S. The summed E-state index contributed by atoms with van der Waals surface area (Å²) in [5.74, 6) is 0.630. The number of benzene rings is 1. The maximum Gasteiger partial charge on any atom is 0.234 e. The molecule has 0 aliphatic heterocycles. The van der Waals surface area contributed by atoms with E-state index in [9.17, 15) is 4.39 Å². The fourth-order valence-electron chi connectivity index (χ4n) is 1.75. The van der Waals surface area contributed by atoms with Gasteiger partial charge in [0.15, 0.2) is 5.82 Å². The van der Waals surface area contributed by atoms with Gasteiger partial charge in [0, 0.05) is 12.0 Å². The summed E-state index contributed by atoms with van der Waals surface area (Å²) in [7, 11) is 0. The van der Waals surface area contributed by atoms with Crippen molar-refractivity contribution in [3.05, 3.63) is 35.9 Å². The van der Waals surface area contributed by atoms with Gasteiger partial charge in [-0.05, 0) is 30.7 Å². The Hall–Kier alpha value is -1.82. The molecule has 0 radical (unpaired) electrons. The minimum atomic E-state index is -0.242. The van der Waals surface area contributed by atoms with Crippen LogP contribution >= 0.6 is 11.3 Å². The van der Waals surface area contributed by atoms with E-state index in [1.807, 2.05) is 0 Å². The van der Waals surface area contributed by atoms with Crippen LogP contribution in [0.5, 0.6) is 0 Å². The Morgan fingerprint density at radius 3 is 2.72 bits per heavy atom. The van der Waals surface area contributed by atoms with Crippen molar-refractivity contribution in [1.29, 1.82) is 0 Å². The van der Waals surface area contributed by atoms with Crippen molar-refractivity contribution in [1.82, 2.24) is 19.8 Å². The largest absolute Gasteiger partial charge is 0.234 e. The third-order valence-corrected chi connectivity index (χ3v) is 3.57. The molecule has 4 nitrogen and oxygen atoms in total. The predicted octanol–water partition coefficient (Wildman–Crippen LogP) is 2.94. The summed E-state index contributed by atoms with van der Waals surface area (Å²) in [6, 6.07) is 6.32. The number of fused-ring (bicyclic) bond motifs is 1. The lowest BCUT2D eigenvalue weighted by Gasteiger charge is -1.94. The first-order valence-corrected chi connectivity index (χ1v) is 6.56. The second-order valence-corrected chi connectivity index (χ2v) is 4.93. The highest BCUT2D eigenvalue weighted by Crippen LogP contribution is 2.25. The summed E-state index contributed by atoms with van der Waals surface area (Å²) in [4.78, 5) is 0.776. The molecule has 0 fully saturated rings. The lowest BCUT2D eigenvalue weighted by Crippen LogP contribution is -1.95. The van der Waals surface area contributed by atoms with Gasteiger partial charge in [-0.25, -0.2) is 4.39 Å². The zero-order valence-corrected chi connectivity index (χ0v) is 10.6. The monoisotopic (exact) mass is 262 g/mol. The van der Waals surface area contributed by atoms with Crippen molar-refractivity contribution < 1.29 is 4.39 Å². The summed E-state index contributed by atoms with van der Waals surface area (Å²) in [6.45, 7) is 2.09. The van der Waals surface area contributed by atoms with E-state index in [0.29, 0.717) is 0 Å². The first kappa shape index (κ1) is 11.3. The van der Waals surface area contributed by atoms with E-state index in [0.717, 1.165) is 34.2 Å². The average Bonchev–Trinajstić information content (AvgIpc) is 2.93. The normalized spacial score (nSPS) is 11.2. The van der Waals surface area contributed by atoms with Crippen LogP contribution in [-0.2, 0) is 6.42 Å². The summed E-state index contributed by atoms with van der Waals surface area (Å²) >= 11 is 1.46. The molecule has 1 aromatic carbocycles. The fourth-order valence-corrected chi connectivity index (χ4v) is 2.61. The summed E-state index contributed by atoms with van der Waals surface area (Å²) in [6.07, 6.45) is 1.86. The Kier molecular flexibility index (Phi) is 2.79. The molecule has 6 heteroatoms. The molecule has 2 aromatic heterocycles. The number of nitrogens with zero attached hydrogens (tertiary/aromatic N) is 4. The number of hydrogen-bond acceptors (Lipinski definition) is 4. The molecule has 2 heterocycles. The van der Waals surface area contributed by atoms with E-state index in [-0.39, 0.29) is 5.82 Å². The van der Waals surface area contributed by atoms with Gasteiger partial charge in [-0.3, -0.25) is 0 Å². The van der Waals surface area contributed by atoms with Gasteiger partial charge >= 0.3 is 0 Å². The summed E-state index contributed by atoms with van der Waals surface area (Å²) in [5.41, 5.74) is 0.898. The number of rotatable bonds is 3. The van der Waals surface area contributed by atoms with Crippen LogP contribution in [0.2, 0.25) is 0 Å². The van der Waals surface area contributed by atoms with Crippen molar-refractivity contribution in [3.63, 3.8) is 0 Å². The van der Waals surface area contributed by atoms with Gasteiger partial charge in [-0.15, -0.1) is 10.2 Å². The van der Waals surface area contributed by atoms with E-state index in [1.54, 1.807) is 16.6 Å². The van der Waals surface area contributed by atoms with Crippen LogP contribution < -0.4 is 0 Å². The quantitative estimate of drug-likeness (QED) is 0.729. The molecule has 0 unspecified atom stereocenters. The topological polar surface area (TPSA) is 43.1 Å². The van der Waals surface area contributed by atoms with Crippen molar-refractivity contribution in [3.8, 4) is 10.6 Å². The zero-order chi connectivity index (χ0) is 12.5. The highest BCUT2D eigenvalue weighted by atomic mass is 32.1. The number of aromatic nitrogens is 4. The molecule has 0 saturated heterocycles. The highest BCUT2D eigenvalue weighted by molar-refractivity contribution is 7.19. The van der Waals surface area contributed by atoms with Crippen molar-refractivity contribution >= 4 is 16.3 Å². The van der Waals surface area contributed by atoms with Gasteiger partial charge in [-0.1, -0.05) is 18.3 Å². The molecule has 0 aliphatic rings. The van der Waals surface area contributed by atoms with Gasteiger partial charge in [0.1, 0.15) is 10.8 Å². The Morgan fingerprint density at radius 1 is 1.22 bits per heavy atom. The average molecular weight is 262 g/mol. The van der Waals surface area contributed by atoms with E-state index < -0.39 is 0 Å². The second-order valence-electron chi connectivity index (χ2n) is 3.97. The molecule has 0 spiro atoms. The maximum atomic E-state index is 12.9. The minimum Gasteiger partial charge on any atom is -0.207 e. The number of halogens is 1. The van der Waals surface area contributed by atoms with Crippen LogP contribution in [0.25, 0.3) is 15.5 Å². The summed E-state index contributed by atoms with van der Waals surface area (Å²) in [5, 5.41) is 13.5. The minimum absolute atomic E-state index is 0.242. The molecule has 0 N–H and O–H groups in total.